The molecule has 1 aromatic rings. The zero-order valence-electron chi connectivity index (χ0n) is 11.1. The fourth-order valence-corrected chi connectivity index (χ4v) is 1.51. The van der Waals surface area contributed by atoms with Crippen LogP contribution in [0, 0.1) is 5.82 Å². The maximum absolute atomic E-state index is 13.4. The Morgan fingerprint density at radius 2 is 2.11 bits per heavy atom. The summed E-state index contributed by atoms with van der Waals surface area (Å²) >= 11 is 0. The molecule has 0 unspecified atom stereocenters. The van der Waals surface area contributed by atoms with Gasteiger partial charge in [0.1, 0.15) is 11.6 Å². The Morgan fingerprint density at radius 3 is 2.79 bits per heavy atom. The van der Waals surface area contributed by atoms with Gasteiger partial charge in [-0.15, -0.1) is 0 Å². The van der Waals surface area contributed by atoms with Gasteiger partial charge in [0, 0.05) is 25.8 Å². The molecule has 0 spiro atoms. The van der Waals surface area contributed by atoms with E-state index in [1.165, 1.54) is 12.1 Å². The highest BCUT2D eigenvalue weighted by atomic mass is 19.1. The minimum atomic E-state index is -0.725. The Labute approximate surface area is 112 Å². The lowest BCUT2D eigenvalue weighted by Crippen LogP contribution is -2.26. The second-order valence-electron chi connectivity index (χ2n) is 4.24. The van der Waals surface area contributed by atoms with E-state index in [1.807, 2.05) is 0 Å². The van der Waals surface area contributed by atoms with Crippen molar-refractivity contribution in [2.75, 3.05) is 19.8 Å². The molecule has 0 fully saturated rings. The number of unbranched alkanes of at least 4 members (excludes halogenated alkanes) is 1. The Balaban J connectivity index is 2.24. The summed E-state index contributed by atoms with van der Waals surface area (Å²) in [5.74, 6) is -1.40. The van der Waals surface area contributed by atoms with Gasteiger partial charge >= 0.3 is 0 Å². The number of phenolic OH excluding ortho intramolecular Hbond substituents is 1. The summed E-state index contributed by atoms with van der Waals surface area (Å²) in [4.78, 5) is 11.6. The molecule has 5 heteroatoms. The smallest absolute Gasteiger partial charge is 0.254 e. The maximum Gasteiger partial charge on any atom is 0.254 e. The van der Waals surface area contributed by atoms with Crippen molar-refractivity contribution in [1.29, 1.82) is 0 Å². The van der Waals surface area contributed by atoms with Crippen molar-refractivity contribution in [3.8, 4) is 5.75 Å². The predicted molar refractivity (Wildman–Crippen MR) is 70.7 cm³/mol. The first-order valence-electron chi connectivity index (χ1n) is 6.49. The van der Waals surface area contributed by atoms with Crippen molar-refractivity contribution in [3.63, 3.8) is 0 Å². The second-order valence-corrected chi connectivity index (χ2v) is 4.24. The number of aromatic hydroxyl groups is 1. The van der Waals surface area contributed by atoms with Crippen molar-refractivity contribution in [2.24, 2.45) is 0 Å². The molecule has 0 saturated carbocycles. The average molecular weight is 269 g/mol. The van der Waals surface area contributed by atoms with Gasteiger partial charge in [0.2, 0.25) is 0 Å². The highest BCUT2D eigenvalue weighted by Crippen LogP contribution is 2.14. The number of phenols is 1. The summed E-state index contributed by atoms with van der Waals surface area (Å²) in [5.41, 5.74) is -0.0651. The number of halogens is 1. The van der Waals surface area contributed by atoms with Crippen LogP contribution in [-0.2, 0) is 4.74 Å². The number of hydrogen-bond acceptors (Lipinski definition) is 3. The molecule has 1 rings (SSSR count). The molecule has 0 bridgehead atoms. The fraction of sp³-hybridized carbons (Fsp3) is 0.500. The molecule has 4 nitrogen and oxygen atoms in total. The summed E-state index contributed by atoms with van der Waals surface area (Å²) in [6, 6.07) is 3.46. The number of carbonyl (C=O) groups is 1. The van der Waals surface area contributed by atoms with E-state index >= 15 is 0 Å². The van der Waals surface area contributed by atoms with Crippen LogP contribution >= 0.6 is 0 Å². The van der Waals surface area contributed by atoms with Gasteiger partial charge in [-0.25, -0.2) is 4.39 Å². The van der Waals surface area contributed by atoms with Crippen molar-refractivity contribution >= 4 is 5.91 Å². The number of carbonyl (C=O) groups excluding carboxylic acids is 1. The van der Waals surface area contributed by atoms with Crippen molar-refractivity contribution in [2.45, 2.75) is 26.2 Å². The van der Waals surface area contributed by atoms with Gasteiger partial charge in [-0.05, 0) is 25.0 Å². The predicted octanol–water partition coefficient (Wildman–Crippen LogP) is 2.47. The van der Waals surface area contributed by atoms with Crippen LogP contribution in [0.25, 0.3) is 0 Å². The van der Waals surface area contributed by atoms with E-state index in [0.29, 0.717) is 19.6 Å². The standard InChI is InChI=1S/C14H20FNO3/c1-2-3-8-19-9-4-7-16-14(18)12-6-5-11(17)10-13(12)15/h5-6,10,17H,2-4,7-9H2,1H3,(H,16,18). The number of hydrogen-bond donors (Lipinski definition) is 2. The molecule has 0 aromatic heterocycles. The van der Waals surface area contributed by atoms with Gasteiger partial charge in [0.15, 0.2) is 0 Å². The summed E-state index contributed by atoms with van der Waals surface area (Å²) in [6.45, 7) is 3.84. The second kappa shape index (κ2) is 8.48. The van der Waals surface area contributed by atoms with Gasteiger partial charge in [0.25, 0.3) is 5.91 Å². The van der Waals surface area contributed by atoms with Gasteiger partial charge in [-0.2, -0.15) is 0 Å². The molecule has 19 heavy (non-hydrogen) atoms. The van der Waals surface area contributed by atoms with E-state index in [-0.39, 0.29) is 11.3 Å². The first-order valence-corrected chi connectivity index (χ1v) is 6.49. The van der Waals surface area contributed by atoms with Gasteiger partial charge in [0.05, 0.1) is 5.56 Å². The molecule has 0 aliphatic heterocycles. The fourth-order valence-electron chi connectivity index (χ4n) is 1.51. The Morgan fingerprint density at radius 1 is 1.37 bits per heavy atom. The highest BCUT2D eigenvalue weighted by Gasteiger charge is 2.11. The number of amides is 1. The summed E-state index contributed by atoms with van der Waals surface area (Å²) < 4.78 is 18.7. The normalized spacial score (nSPS) is 10.4. The van der Waals surface area contributed by atoms with E-state index in [2.05, 4.69) is 12.2 Å². The van der Waals surface area contributed by atoms with Crippen LogP contribution in [0.5, 0.6) is 5.75 Å². The van der Waals surface area contributed by atoms with E-state index in [4.69, 9.17) is 9.84 Å². The Kier molecular flexibility index (Phi) is 6.89. The summed E-state index contributed by atoms with van der Waals surface area (Å²) in [6.07, 6.45) is 2.82. The minimum Gasteiger partial charge on any atom is -0.508 e. The molecule has 0 atom stereocenters. The quantitative estimate of drug-likeness (QED) is 0.713. The first kappa shape index (κ1) is 15.4. The number of rotatable bonds is 8. The molecule has 1 aromatic carbocycles. The molecule has 106 valence electrons. The zero-order chi connectivity index (χ0) is 14.1. The monoisotopic (exact) mass is 269 g/mol. The van der Waals surface area contributed by atoms with Crippen molar-refractivity contribution in [1.82, 2.24) is 5.32 Å². The topological polar surface area (TPSA) is 58.6 Å². The van der Waals surface area contributed by atoms with E-state index in [0.717, 1.165) is 25.5 Å². The van der Waals surface area contributed by atoms with Crippen LogP contribution in [0.4, 0.5) is 4.39 Å². The summed E-state index contributed by atoms with van der Waals surface area (Å²) in [7, 11) is 0. The maximum atomic E-state index is 13.4. The van der Waals surface area contributed by atoms with Crippen molar-refractivity contribution in [3.05, 3.63) is 29.6 Å². The molecular formula is C14H20FNO3. The van der Waals surface area contributed by atoms with Crippen LogP contribution in [0.2, 0.25) is 0 Å². The molecule has 0 heterocycles. The summed E-state index contributed by atoms with van der Waals surface area (Å²) in [5, 5.41) is 11.7. The van der Waals surface area contributed by atoms with E-state index < -0.39 is 11.7 Å². The third-order valence-corrected chi connectivity index (χ3v) is 2.59. The largest absolute Gasteiger partial charge is 0.508 e. The Bertz CT molecular complexity index is 410. The van der Waals surface area contributed by atoms with Gasteiger partial charge < -0.3 is 15.2 Å². The minimum absolute atomic E-state index is 0.0651. The molecular weight excluding hydrogens is 249 g/mol. The lowest BCUT2D eigenvalue weighted by Gasteiger charge is -2.07. The number of ether oxygens (including phenoxy) is 1. The van der Waals surface area contributed by atoms with Gasteiger partial charge in [-0.3, -0.25) is 4.79 Å². The van der Waals surface area contributed by atoms with Crippen LogP contribution in [0.3, 0.4) is 0 Å². The van der Waals surface area contributed by atoms with Crippen LogP contribution < -0.4 is 5.32 Å². The van der Waals surface area contributed by atoms with E-state index in [1.54, 1.807) is 0 Å². The molecule has 0 radical (unpaired) electrons. The van der Waals surface area contributed by atoms with Gasteiger partial charge in [-0.1, -0.05) is 13.3 Å². The molecule has 0 aliphatic rings. The molecule has 0 aliphatic carbocycles. The number of nitrogens with one attached hydrogen (secondary N) is 1. The van der Waals surface area contributed by atoms with Crippen LogP contribution in [0.15, 0.2) is 18.2 Å². The Hall–Kier alpha value is -1.62. The lowest BCUT2D eigenvalue weighted by atomic mass is 10.2. The molecule has 1 amide bonds. The molecule has 0 saturated heterocycles. The SMILES string of the molecule is CCCCOCCCNC(=O)c1ccc(O)cc1F. The highest BCUT2D eigenvalue weighted by molar-refractivity contribution is 5.94. The van der Waals surface area contributed by atoms with Crippen LogP contribution in [0.1, 0.15) is 36.5 Å². The van der Waals surface area contributed by atoms with Crippen molar-refractivity contribution < 1.29 is 19.0 Å². The molecule has 2 N–H and O–H groups in total. The third-order valence-electron chi connectivity index (χ3n) is 2.59. The van der Waals surface area contributed by atoms with Crippen LogP contribution in [-0.4, -0.2) is 30.8 Å². The van der Waals surface area contributed by atoms with E-state index in [9.17, 15) is 9.18 Å². The number of benzene rings is 1. The average Bonchev–Trinajstić information content (AvgIpc) is 2.37. The lowest BCUT2D eigenvalue weighted by molar-refractivity contribution is 0.0936. The first-order chi connectivity index (χ1) is 9.15. The third kappa shape index (κ3) is 5.70. The zero-order valence-corrected chi connectivity index (χ0v) is 11.1.